The van der Waals surface area contributed by atoms with Crippen molar-refractivity contribution in [1.29, 1.82) is 0 Å². The highest BCUT2D eigenvalue weighted by Gasteiger charge is 2.54. The van der Waals surface area contributed by atoms with E-state index < -0.39 is 5.97 Å². The molecule has 3 N–H and O–H groups in total. The number of aliphatic carboxylic acids is 1. The van der Waals surface area contributed by atoms with Crippen molar-refractivity contribution in [3.05, 3.63) is 0 Å². The van der Waals surface area contributed by atoms with E-state index in [1.807, 2.05) is 6.92 Å². The Labute approximate surface area is 152 Å². The molecule has 3 rings (SSSR count). The van der Waals surface area contributed by atoms with Gasteiger partial charge < -0.3 is 10.4 Å². The van der Waals surface area contributed by atoms with Crippen molar-refractivity contribution in [1.82, 2.24) is 5.32 Å². The lowest BCUT2D eigenvalue weighted by molar-refractivity contribution is -0.859. The fourth-order valence-corrected chi connectivity index (χ4v) is 5.31. The van der Waals surface area contributed by atoms with Crippen molar-refractivity contribution in [2.45, 2.75) is 109 Å². The average Bonchev–Trinajstić information content (AvgIpc) is 2.98. The van der Waals surface area contributed by atoms with E-state index in [1.165, 1.54) is 62.7 Å². The van der Waals surface area contributed by atoms with Crippen molar-refractivity contribution in [3.8, 4) is 0 Å². The molecule has 3 aliphatic heterocycles. The molecule has 2 saturated heterocycles. The Kier molecular flexibility index (Phi) is 6.37. The Hall–Kier alpha value is -1.10. The highest BCUT2D eigenvalue weighted by atomic mass is 16.4. The Morgan fingerprint density at radius 2 is 1.92 bits per heavy atom. The second kappa shape index (κ2) is 8.52. The van der Waals surface area contributed by atoms with Crippen LogP contribution < -0.4 is 10.2 Å². The van der Waals surface area contributed by atoms with Crippen molar-refractivity contribution < 1.29 is 14.8 Å². The smallest absolute Gasteiger partial charge is 0.314 e. The van der Waals surface area contributed by atoms with Gasteiger partial charge in [0.2, 0.25) is 0 Å². The molecular formula is C20H36N3O2+. The number of aliphatic imine (C=N–C) groups is 1. The lowest BCUT2D eigenvalue weighted by Gasteiger charge is -2.41. The van der Waals surface area contributed by atoms with Crippen LogP contribution in [0.15, 0.2) is 4.99 Å². The van der Waals surface area contributed by atoms with E-state index >= 15 is 0 Å². The fraction of sp³-hybridized carbons (Fsp3) is 0.900. The molecule has 2 fully saturated rings. The van der Waals surface area contributed by atoms with E-state index in [1.54, 1.807) is 0 Å². The molecule has 0 radical (unpaired) electrons. The van der Waals surface area contributed by atoms with Gasteiger partial charge in [-0.1, -0.05) is 51.9 Å². The molecule has 0 aromatic carbocycles. The maximum atomic E-state index is 11.7. The third-order valence-corrected chi connectivity index (χ3v) is 6.58. The number of unbranched alkanes of at least 4 members (excludes halogenated alkanes) is 6. The van der Waals surface area contributed by atoms with Crippen LogP contribution in [0.3, 0.4) is 0 Å². The second-order valence-corrected chi connectivity index (χ2v) is 8.41. The second-order valence-electron chi connectivity index (χ2n) is 8.41. The standard InChI is InChI=1S/C20H35N3O2/c1-3-4-5-6-7-8-9-10-15-13-16-11-12-17-18(19(24)25)14(2)21-20(22-15)23(16)17/h14-18H,3-13H2,1-2H3,(H,21,22)(H,24,25)/p+1/t14-,15-,16+,17+,18-/m1/s1. The van der Waals surface area contributed by atoms with Crippen LogP contribution in [0.5, 0.6) is 0 Å². The SMILES string of the molecule is CCCCCCCCC[C@@H]1C[C@@H]2CC[C@H]3[C@H](C(=O)O)[C@@H](C)N=C(N1)[NH+]23. The zero-order valence-corrected chi connectivity index (χ0v) is 16.0. The third kappa shape index (κ3) is 4.18. The minimum absolute atomic E-state index is 0.107. The van der Waals surface area contributed by atoms with Gasteiger partial charge in [-0.2, -0.15) is 0 Å². The molecule has 142 valence electrons. The van der Waals surface area contributed by atoms with Gasteiger partial charge in [0.1, 0.15) is 12.0 Å². The molecule has 0 saturated carbocycles. The highest BCUT2D eigenvalue weighted by Crippen LogP contribution is 2.27. The van der Waals surface area contributed by atoms with Gasteiger partial charge in [0.25, 0.3) is 5.96 Å². The van der Waals surface area contributed by atoms with Crippen LogP contribution in [-0.2, 0) is 4.79 Å². The van der Waals surface area contributed by atoms with E-state index in [0.29, 0.717) is 12.1 Å². The van der Waals surface area contributed by atoms with Crippen LogP contribution in [0.4, 0.5) is 0 Å². The topological polar surface area (TPSA) is 66.1 Å². The number of hydrogen-bond acceptors (Lipinski definition) is 3. The van der Waals surface area contributed by atoms with Crippen LogP contribution in [-0.4, -0.2) is 41.2 Å². The molecule has 0 aliphatic carbocycles. The first-order valence-corrected chi connectivity index (χ1v) is 10.6. The zero-order valence-electron chi connectivity index (χ0n) is 16.0. The minimum Gasteiger partial charge on any atom is -0.481 e. The van der Waals surface area contributed by atoms with E-state index in [-0.39, 0.29) is 18.0 Å². The van der Waals surface area contributed by atoms with E-state index in [9.17, 15) is 9.90 Å². The molecule has 25 heavy (non-hydrogen) atoms. The van der Waals surface area contributed by atoms with Crippen molar-refractivity contribution in [3.63, 3.8) is 0 Å². The Morgan fingerprint density at radius 1 is 1.20 bits per heavy atom. The van der Waals surface area contributed by atoms with Crippen molar-refractivity contribution in [2.75, 3.05) is 0 Å². The van der Waals surface area contributed by atoms with Crippen molar-refractivity contribution >= 4 is 11.9 Å². The summed E-state index contributed by atoms with van der Waals surface area (Å²) in [4.78, 5) is 17.8. The molecule has 0 spiro atoms. The molecule has 0 aromatic rings. The zero-order chi connectivity index (χ0) is 17.8. The quantitative estimate of drug-likeness (QED) is 0.559. The number of hydrogen-bond donors (Lipinski definition) is 3. The molecule has 3 aliphatic rings. The molecule has 3 heterocycles. The summed E-state index contributed by atoms with van der Waals surface area (Å²) in [6.45, 7) is 4.23. The molecule has 0 amide bonds. The minimum atomic E-state index is -0.668. The van der Waals surface area contributed by atoms with Gasteiger partial charge in [-0.05, 0) is 13.3 Å². The summed E-state index contributed by atoms with van der Waals surface area (Å²) < 4.78 is 0. The van der Waals surface area contributed by atoms with E-state index in [0.717, 1.165) is 18.8 Å². The normalized spacial score (nSPS) is 36.5. The maximum absolute atomic E-state index is 11.7. The first-order valence-electron chi connectivity index (χ1n) is 10.6. The number of rotatable bonds is 9. The monoisotopic (exact) mass is 350 g/mol. The van der Waals surface area contributed by atoms with Crippen LogP contribution in [0.1, 0.15) is 84.5 Å². The van der Waals surface area contributed by atoms with Gasteiger partial charge in [-0.25, -0.2) is 4.99 Å². The number of carboxylic acid groups (broad SMARTS) is 1. The number of nitrogens with zero attached hydrogens (tertiary/aromatic N) is 1. The number of quaternary nitrogens is 1. The lowest BCUT2D eigenvalue weighted by Crippen LogP contribution is -3.24. The first kappa shape index (κ1) is 18.7. The summed E-state index contributed by atoms with van der Waals surface area (Å²) in [5.74, 6) is 0.0839. The molecule has 0 bridgehead atoms. The number of carbonyl (C=O) groups is 1. The van der Waals surface area contributed by atoms with Gasteiger partial charge in [-0.3, -0.25) is 9.69 Å². The van der Waals surface area contributed by atoms with Crippen LogP contribution in [0.2, 0.25) is 0 Å². The van der Waals surface area contributed by atoms with Gasteiger partial charge >= 0.3 is 5.97 Å². The summed E-state index contributed by atoms with van der Waals surface area (Å²) in [5, 5.41) is 13.3. The van der Waals surface area contributed by atoms with Gasteiger partial charge in [0, 0.05) is 25.3 Å². The fourth-order valence-electron chi connectivity index (χ4n) is 5.31. The van der Waals surface area contributed by atoms with E-state index in [4.69, 9.17) is 4.99 Å². The molecule has 5 nitrogen and oxygen atoms in total. The largest absolute Gasteiger partial charge is 0.481 e. The van der Waals surface area contributed by atoms with Crippen LogP contribution in [0.25, 0.3) is 0 Å². The lowest BCUT2D eigenvalue weighted by atomic mass is 9.89. The van der Waals surface area contributed by atoms with Gasteiger partial charge in [0.05, 0.1) is 12.1 Å². The molecular weight excluding hydrogens is 314 g/mol. The number of nitrogens with one attached hydrogen (secondary N) is 2. The molecule has 1 unspecified atom stereocenters. The highest BCUT2D eigenvalue weighted by molar-refractivity contribution is 5.78. The summed E-state index contributed by atoms with van der Waals surface area (Å²) in [6, 6.07) is 1.23. The van der Waals surface area contributed by atoms with Crippen LogP contribution in [0, 0.1) is 5.92 Å². The molecule has 5 heteroatoms. The predicted octanol–water partition coefficient (Wildman–Crippen LogP) is 2.36. The van der Waals surface area contributed by atoms with Crippen LogP contribution >= 0.6 is 0 Å². The molecule has 6 atom stereocenters. The van der Waals surface area contributed by atoms with Gasteiger partial charge in [0.15, 0.2) is 0 Å². The number of carboxylic acids is 1. The van der Waals surface area contributed by atoms with Gasteiger partial charge in [-0.15, -0.1) is 0 Å². The Bertz CT molecular complexity index is 493. The summed E-state index contributed by atoms with van der Waals surface area (Å²) >= 11 is 0. The predicted molar refractivity (Wildman–Crippen MR) is 99.9 cm³/mol. The summed E-state index contributed by atoms with van der Waals surface area (Å²) in [7, 11) is 0. The maximum Gasteiger partial charge on any atom is 0.314 e. The Morgan fingerprint density at radius 3 is 2.64 bits per heavy atom. The Balaban J connectivity index is 1.50. The van der Waals surface area contributed by atoms with Crippen molar-refractivity contribution in [2.24, 2.45) is 10.9 Å². The average molecular weight is 351 g/mol. The summed E-state index contributed by atoms with van der Waals surface area (Å²) in [6.07, 6.45) is 14.1. The third-order valence-electron chi connectivity index (χ3n) is 6.58. The first-order chi connectivity index (χ1) is 12.1. The molecule has 0 aromatic heterocycles. The summed E-state index contributed by atoms with van der Waals surface area (Å²) in [5.41, 5.74) is 0. The van der Waals surface area contributed by atoms with E-state index in [2.05, 4.69) is 12.2 Å². The number of guanidine groups is 1.